The zero-order valence-electron chi connectivity index (χ0n) is 75.2. The van der Waals surface area contributed by atoms with Crippen LogP contribution in [-0.4, -0.2) is 31.7 Å². The second-order valence-electron chi connectivity index (χ2n) is 36.3. The number of fused-ring (bicyclic) bond motifs is 33. The van der Waals surface area contributed by atoms with E-state index in [1.165, 1.54) is 166 Å². The van der Waals surface area contributed by atoms with Crippen LogP contribution in [0, 0.1) is 0 Å². The molecule has 0 radical (unpaired) electrons. The van der Waals surface area contributed by atoms with Crippen LogP contribution in [0.2, 0.25) is 0 Å². The van der Waals surface area contributed by atoms with Crippen molar-refractivity contribution < 1.29 is 8.83 Å². The van der Waals surface area contributed by atoms with Crippen LogP contribution >= 0.6 is 11.3 Å². The average molecular weight is 1810 g/mol. The zero-order valence-corrected chi connectivity index (χ0v) is 77.0. The van der Waals surface area contributed by atoms with Gasteiger partial charge in [-0.05, 0) is 217 Å². The third-order valence-corrected chi connectivity index (χ3v) is 34.9. The van der Waals surface area contributed by atoms with Crippen molar-refractivity contribution in [2.45, 2.75) is 0 Å². The second kappa shape index (κ2) is 32.2. The van der Waals surface area contributed by atoms with Crippen molar-refractivity contribution in [3.05, 3.63) is 492 Å². The fourth-order valence-electron chi connectivity index (χ4n) is 22.9. The van der Waals surface area contributed by atoms with Crippen molar-refractivity contribution in [3.63, 3.8) is 0 Å². The van der Waals surface area contributed by atoms with E-state index in [0.717, 1.165) is 93.5 Å². The van der Waals surface area contributed by atoms with Gasteiger partial charge in [0, 0.05) is 86.4 Å². The van der Waals surface area contributed by atoms with Crippen LogP contribution in [0.4, 0.5) is 0 Å². The predicted octanol–water partition coefficient (Wildman–Crippen LogP) is 32.6. The number of rotatable bonds is 10. The highest BCUT2D eigenvalue weighted by atomic mass is 32.1. The van der Waals surface area contributed by atoms with Crippen LogP contribution in [0.25, 0.3) is 245 Å². The summed E-state index contributed by atoms with van der Waals surface area (Å²) < 4.78 is 22.7. The van der Waals surface area contributed by atoms with E-state index in [1.807, 2.05) is 41.8 Å². The number of benzene rings is 23. The molecule has 0 bridgehead atoms. The SMILES string of the molecule is c1cc(-c2ccc3c4ccccc4c4ccccc4c3c2)cc(-n2c3ccccc3c3c4oc5ccccc5c4ccc32)c1.c1cc(-c2ccc3c4ccccc4c4ccccc4c3c2)cc(-n2c3ccccc3c3c4sc5ccccc5c4ccc32)c1.c1ccc([Si](c2ccccc2)(c2ccccc2)c2cccc(-c3ccnc(-n4c5ccccc5c5c6oc7ccccc7c6ccc54)n3)c2)cc1. The number of hydrogen-bond acceptors (Lipinski definition) is 5. The lowest BCUT2D eigenvalue weighted by Crippen LogP contribution is -2.74. The largest absolute Gasteiger partial charge is 0.455 e. The Morgan fingerprint density at radius 3 is 1.02 bits per heavy atom. The fraction of sp³-hybridized carbons (Fsp3) is 0. The van der Waals surface area contributed by atoms with Gasteiger partial charge in [0.15, 0.2) is 8.07 Å². The normalized spacial score (nSPS) is 12.0. The Hall–Kier alpha value is -17.9. The summed E-state index contributed by atoms with van der Waals surface area (Å²) in [6.07, 6.45) is 1.88. The minimum atomic E-state index is -2.70. The Labute approximate surface area is 803 Å². The van der Waals surface area contributed by atoms with Gasteiger partial charge in [-0.15, -0.1) is 11.3 Å². The Balaban J connectivity index is 0.000000103. The molecule has 0 unspecified atom stereocenters. The van der Waals surface area contributed by atoms with Gasteiger partial charge in [-0.3, -0.25) is 4.57 Å². The summed E-state index contributed by atoms with van der Waals surface area (Å²) in [5.74, 6) is 0.622. The van der Waals surface area contributed by atoms with Crippen LogP contribution in [0.3, 0.4) is 0 Å². The molecule has 7 aromatic heterocycles. The van der Waals surface area contributed by atoms with E-state index in [9.17, 15) is 0 Å². The van der Waals surface area contributed by atoms with Crippen molar-refractivity contribution >= 4 is 234 Å². The average Bonchev–Trinajstić information content (AvgIpc) is 1.46. The molecular formula is C130H81N5O2SSi. The maximum atomic E-state index is 6.52. The highest BCUT2D eigenvalue weighted by molar-refractivity contribution is 7.26. The highest BCUT2D eigenvalue weighted by Gasteiger charge is 2.42. The first-order valence-corrected chi connectivity index (χ1v) is 50.3. The number of hydrogen-bond donors (Lipinski definition) is 0. The first kappa shape index (κ1) is 79.7. The Kier molecular flexibility index (Phi) is 18.5. The van der Waals surface area contributed by atoms with E-state index in [0.29, 0.717) is 5.95 Å². The van der Waals surface area contributed by atoms with Gasteiger partial charge in [-0.2, -0.15) is 0 Å². The first-order chi connectivity index (χ1) is 69.0. The molecule has 0 saturated heterocycles. The molecule has 30 rings (SSSR count). The molecule has 0 saturated carbocycles. The summed E-state index contributed by atoms with van der Waals surface area (Å²) >= 11 is 1.90. The molecular weight excluding hydrogens is 1720 g/mol. The van der Waals surface area contributed by atoms with E-state index in [1.54, 1.807) is 0 Å². The third-order valence-electron chi connectivity index (χ3n) is 29.0. The minimum absolute atomic E-state index is 0.622. The number of nitrogens with zero attached hydrogens (tertiary/aromatic N) is 5. The maximum absolute atomic E-state index is 6.52. The predicted molar refractivity (Wildman–Crippen MR) is 590 cm³/mol. The van der Waals surface area contributed by atoms with Crippen LogP contribution in [0.1, 0.15) is 0 Å². The summed E-state index contributed by atoms with van der Waals surface area (Å²) in [4.78, 5) is 10.2. The lowest BCUT2D eigenvalue weighted by molar-refractivity contribution is 0.672. The standard InChI is InChI=1S/C46H31N3OSi.C42H25NO.C42H25NS/c1-4-16-33(17-5-1)51(34-18-6-2-7-19-34,35-20-8-3-9-21-35)36-22-14-15-32(31-36)40-29-30-47-46(48-40)49-41-25-12-10-24-39(41)44-42(49)28-27-38-37-23-11-13-26-43(37)50-45(38)44;2*1-2-14-31-29(12-1)30-13-3-4-15-32(30)37-25-27(20-21-33(31)37)26-10-9-11-28(24-26)43-38-18-7-5-17-36(38)41-39(43)23-22-35-34-16-6-8-19-40(34)44-42(35)41/h1-31H;2*1-25H. The molecule has 0 aliphatic carbocycles. The van der Waals surface area contributed by atoms with Gasteiger partial charge in [0.1, 0.15) is 22.3 Å². The molecule has 30 aromatic rings. The topological polar surface area (TPSA) is 66.8 Å². The molecule has 0 aliphatic heterocycles. The van der Waals surface area contributed by atoms with Crippen LogP contribution in [0.5, 0.6) is 0 Å². The molecule has 0 spiro atoms. The van der Waals surface area contributed by atoms with Crippen molar-refractivity contribution in [1.29, 1.82) is 0 Å². The highest BCUT2D eigenvalue weighted by Crippen LogP contribution is 2.48. The van der Waals surface area contributed by atoms with Gasteiger partial charge in [-0.25, -0.2) is 9.97 Å². The van der Waals surface area contributed by atoms with E-state index in [2.05, 4.69) is 475 Å². The maximum Gasteiger partial charge on any atom is 0.235 e. The van der Waals surface area contributed by atoms with Crippen molar-refractivity contribution in [2.75, 3.05) is 0 Å². The van der Waals surface area contributed by atoms with E-state index in [-0.39, 0.29) is 0 Å². The van der Waals surface area contributed by atoms with Crippen LogP contribution in [-0.2, 0) is 0 Å². The first-order valence-electron chi connectivity index (χ1n) is 47.5. The van der Waals surface area contributed by atoms with Crippen molar-refractivity contribution in [2.24, 2.45) is 0 Å². The summed E-state index contributed by atoms with van der Waals surface area (Å²) in [6, 6.07) is 176. The monoisotopic (exact) mass is 1800 g/mol. The number of thiophene rings is 1. The summed E-state index contributed by atoms with van der Waals surface area (Å²) in [5, 5.41) is 35.3. The van der Waals surface area contributed by atoms with Gasteiger partial charge < -0.3 is 18.0 Å². The molecule has 9 heteroatoms. The second-order valence-corrected chi connectivity index (χ2v) is 41.2. The molecule has 23 aromatic carbocycles. The smallest absolute Gasteiger partial charge is 0.235 e. The van der Waals surface area contributed by atoms with Gasteiger partial charge in [0.05, 0.1) is 49.6 Å². The van der Waals surface area contributed by atoms with Gasteiger partial charge in [-0.1, -0.05) is 376 Å². The molecule has 648 valence electrons. The van der Waals surface area contributed by atoms with Crippen molar-refractivity contribution in [1.82, 2.24) is 23.7 Å². The Morgan fingerprint density at radius 2 is 0.547 bits per heavy atom. The Bertz CT molecular complexity index is 9720. The summed E-state index contributed by atoms with van der Waals surface area (Å²) in [6.45, 7) is 0. The van der Waals surface area contributed by atoms with Gasteiger partial charge in [0.25, 0.3) is 0 Å². The molecule has 0 N–H and O–H groups in total. The van der Waals surface area contributed by atoms with E-state index < -0.39 is 8.07 Å². The van der Waals surface area contributed by atoms with Crippen LogP contribution < -0.4 is 20.7 Å². The van der Waals surface area contributed by atoms with E-state index in [4.69, 9.17) is 18.8 Å². The number of para-hydroxylation sites is 5. The zero-order chi connectivity index (χ0) is 91.3. The Morgan fingerprint density at radius 1 is 0.209 bits per heavy atom. The van der Waals surface area contributed by atoms with E-state index >= 15 is 0 Å². The lowest BCUT2D eigenvalue weighted by Gasteiger charge is -2.34. The molecule has 7 heterocycles. The molecule has 7 nitrogen and oxygen atoms in total. The lowest BCUT2D eigenvalue weighted by atomic mass is 9.92. The van der Waals surface area contributed by atoms with Gasteiger partial charge >= 0.3 is 0 Å². The quantitative estimate of drug-likeness (QED) is 0.0777. The molecule has 0 aliphatic rings. The fourth-order valence-corrected chi connectivity index (χ4v) is 28.9. The number of aromatic nitrogens is 5. The molecule has 139 heavy (non-hydrogen) atoms. The van der Waals surface area contributed by atoms with Gasteiger partial charge in [0.2, 0.25) is 5.95 Å². The number of furan rings is 2. The van der Waals surface area contributed by atoms with Crippen LogP contribution in [0.15, 0.2) is 500 Å². The van der Waals surface area contributed by atoms with Crippen molar-refractivity contribution in [3.8, 4) is 50.8 Å². The third kappa shape index (κ3) is 12.6. The minimum Gasteiger partial charge on any atom is -0.455 e. The molecule has 0 fully saturated rings. The molecule has 0 amide bonds. The summed E-state index contributed by atoms with van der Waals surface area (Å²) in [5.41, 5.74) is 19.6. The molecule has 0 atom stereocenters. The summed E-state index contributed by atoms with van der Waals surface area (Å²) in [7, 11) is -2.70.